The molecule has 1 heterocycles. The molecular weight excluding hydrogens is 342 g/mol. The summed E-state index contributed by atoms with van der Waals surface area (Å²) in [5.41, 5.74) is -0.538. The summed E-state index contributed by atoms with van der Waals surface area (Å²) in [6.07, 6.45) is -5.87. The number of rotatable bonds is 2. The Kier molecular flexibility index (Phi) is 4.20. The van der Waals surface area contributed by atoms with Gasteiger partial charge in [-0.25, -0.2) is 9.18 Å². The van der Waals surface area contributed by atoms with Gasteiger partial charge >= 0.3 is 12.1 Å². The number of alkyl halides is 3. The maximum Gasteiger partial charge on any atom is 0.416 e. The Hall–Kier alpha value is -2.90. The van der Waals surface area contributed by atoms with Gasteiger partial charge in [0.15, 0.2) is 6.10 Å². The standard InChI is InChI=1S/C17H11F4NO3/c18-11-4-5-13-9(6-11)7-14(25-16(13)24)15(23)22-12-3-1-2-10(8-12)17(19,20)21/h1-6,8,14H,7H2,(H,22,23). The van der Waals surface area contributed by atoms with Gasteiger partial charge in [-0.2, -0.15) is 13.2 Å². The molecule has 0 saturated heterocycles. The Bertz CT molecular complexity index is 848. The molecule has 2 aromatic rings. The van der Waals surface area contributed by atoms with Crippen LogP contribution in [0.5, 0.6) is 0 Å². The van der Waals surface area contributed by atoms with Crippen LogP contribution in [0.2, 0.25) is 0 Å². The van der Waals surface area contributed by atoms with Crippen LogP contribution in [0.3, 0.4) is 0 Å². The molecule has 2 aromatic carbocycles. The van der Waals surface area contributed by atoms with Crippen LogP contribution in [0.1, 0.15) is 21.5 Å². The number of amides is 1. The van der Waals surface area contributed by atoms with Gasteiger partial charge in [0.25, 0.3) is 5.91 Å². The van der Waals surface area contributed by atoms with Gasteiger partial charge in [0, 0.05) is 12.1 Å². The first-order valence-corrected chi connectivity index (χ1v) is 7.21. The van der Waals surface area contributed by atoms with Crippen molar-refractivity contribution in [3.05, 3.63) is 65.0 Å². The number of cyclic esters (lactones) is 1. The number of anilines is 1. The first-order valence-electron chi connectivity index (χ1n) is 7.21. The predicted molar refractivity (Wildman–Crippen MR) is 79.4 cm³/mol. The minimum Gasteiger partial charge on any atom is -0.448 e. The molecule has 4 nitrogen and oxygen atoms in total. The van der Waals surface area contributed by atoms with E-state index in [1.807, 2.05) is 0 Å². The number of hydrogen-bond acceptors (Lipinski definition) is 3. The van der Waals surface area contributed by atoms with Crippen LogP contribution in [0.15, 0.2) is 42.5 Å². The van der Waals surface area contributed by atoms with Crippen molar-refractivity contribution >= 4 is 17.6 Å². The van der Waals surface area contributed by atoms with Crippen LogP contribution in [-0.4, -0.2) is 18.0 Å². The number of ether oxygens (including phenoxy) is 1. The van der Waals surface area contributed by atoms with E-state index in [-0.39, 0.29) is 17.7 Å². The molecule has 3 rings (SSSR count). The zero-order valence-corrected chi connectivity index (χ0v) is 12.6. The van der Waals surface area contributed by atoms with Crippen LogP contribution >= 0.6 is 0 Å². The third-order valence-electron chi connectivity index (χ3n) is 3.69. The van der Waals surface area contributed by atoms with Crippen molar-refractivity contribution in [2.45, 2.75) is 18.7 Å². The van der Waals surface area contributed by atoms with E-state index >= 15 is 0 Å². The van der Waals surface area contributed by atoms with Crippen molar-refractivity contribution in [1.29, 1.82) is 0 Å². The second-order valence-electron chi connectivity index (χ2n) is 5.47. The van der Waals surface area contributed by atoms with Gasteiger partial charge in [0.05, 0.1) is 11.1 Å². The van der Waals surface area contributed by atoms with Crippen LogP contribution < -0.4 is 5.32 Å². The molecule has 0 spiro atoms. The van der Waals surface area contributed by atoms with Gasteiger partial charge in [0.1, 0.15) is 5.82 Å². The summed E-state index contributed by atoms with van der Waals surface area (Å²) >= 11 is 0. The van der Waals surface area contributed by atoms with E-state index in [1.165, 1.54) is 12.1 Å². The molecule has 1 atom stereocenters. The maximum absolute atomic E-state index is 13.3. The highest BCUT2D eigenvalue weighted by atomic mass is 19.4. The molecule has 130 valence electrons. The van der Waals surface area contributed by atoms with E-state index in [0.29, 0.717) is 5.56 Å². The maximum atomic E-state index is 13.3. The largest absolute Gasteiger partial charge is 0.448 e. The number of nitrogens with one attached hydrogen (secondary N) is 1. The summed E-state index contributed by atoms with van der Waals surface area (Å²) in [5.74, 6) is -2.14. The van der Waals surface area contributed by atoms with E-state index in [1.54, 1.807) is 0 Å². The average Bonchev–Trinajstić information content (AvgIpc) is 2.53. The lowest BCUT2D eigenvalue weighted by molar-refractivity contribution is -0.137. The quantitative estimate of drug-likeness (QED) is 0.663. The second-order valence-corrected chi connectivity index (χ2v) is 5.47. The van der Waals surface area contributed by atoms with Crippen molar-refractivity contribution in [2.24, 2.45) is 0 Å². The second kappa shape index (κ2) is 6.19. The van der Waals surface area contributed by atoms with Gasteiger partial charge in [-0.05, 0) is 42.0 Å². The number of carbonyl (C=O) groups excluding carboxylic acids is 2. The lowest BCUT2D eigenvalue weighted by Crippen LogP contribution is -2.38. The Morgan fingerprint density at radius 1 is 1.16 bits per heavy atom. The normalized spacial score (nSPS) is 16.8. The van der Waals surface area contributed by atoms with Crippen molar-refractivity contribution in [3.8, 4) is 0 Å². The van der Waals surface area contributed by atoms with Gasteiger partial charge < -0.3 is 10.1 Å². The van der Waals surface area contributed by atoms with Crippen LogP contribution in [0.25, 0.3) is 0 Å². The third-order valence-corrected chi connectivity index (χ3v) is 3.69. The number of halogens is 4. The van der Waals surface area contributed by atoms with Gasteiger partial charge in [-0.3, -0.25) is 4.79 Å². The summed E-state index contributed by atoms with van der Waals surface area (Å²) in [6, 6.07) is 7.56. The summed E-state index contributed by atoms with van der Waals surface area (Å²) in [5, 5.41) is 2.28. The van der Waals surface area contributed by atoms with E-state index in [9.17, 15) is 27.2 Å². The molecule has 0 saturated carbocycles. The molecule has 1 aliphatic rings. The molecule has 8 heteroatoms. The molecule has 1 amide bonds. The molecule has 0 aliphatic carbocycles. The highest BCUT2D eigenvalue weighted by Gasteiger charge is 2.33. The zero-order valence-electron chi connectivity index (χ0n) is 12.6. The lowest BCUT2D eigenvalue weighted by atomic mass is 9.98. The fraction of sp³-hybridized carbons (Fsp3) is 0.176. The SMILES string of the molecule is O=C1OC(C(=O)Nc2cccc(C(F)(F)F)c2)Cc2cc(F)ccc21. The topological polar surface area (TPSA) is 55.4 Å². The molecule has 0 aromatic heterocycles. The smallest absolute Gasteiger partial charge is 0.416 e. The summed E-state index contributed by atoms with van der Waals surface area (Å²) in [6.45, 7) is 0. The molecule has 0 radical (unpaired) electrons. The van der Waals surface area contributed by atoms with E-state index in [0.717, 1.165) is 30.3 Å². The lowest BCUT2D eigenvalue weighted by Gasteiger charge is -2.24. The summed E-state index contributed by atoms with van der Waals surface area (Å²) in [7, 11) is 0. The Morgan fingerprint density at radius 2 is 1.92 bits per heavy atom. The van der Waals surface area contributed by atoms with Crippen LogP contribution in [-0.2, 0) is 22.1 Å². The van der Waals surface area contributed by atoms with Crippen molar-refractivity contribution < 1.29 is 31.9 Å². The highest BCUT2D eigenvalue weighted by molar-refractivity contribution is 6.00. The van der Waals surface area contributed by atoms with Crippen LogP contribution in [0, 0.1) is 5.82 Å². The van der Waals surface area contributed by atoms with E-state index in [4.69, 9.17) is 4.74 Å². The van der Waals surface area contributed by atoms with Gasteiger partial charge in [-0.15, -0.1) is 0 Å². The Balaban J connectivity index is 1.78. The van der Waals surface area contributed by atoms with Crippen molar-refractivity contribution in [2.75, 3.05) is 5.32 Å². The highest BCUT2D eigenvalue weighted by Crippen LogP contribution is 2.31. The number of benzene rings is 2. The number of carbonyl (C=O) groups is 2. The Morgan fingerprint density at radius 3 is 2.64 bits per heavy atom. The first-order chi connectivity index (χ1) is 11.7. The van der Waals surface area contributed by atoms with Gasteiger partial charge in [-0.1, -0.05) is 6.07 Å². The molecule has 1 aliphatic heterocycles. The monoisotopic (exact) mass is 353 g/mol. The molecule has 0 fully saturated rings. The number of esters is 1. The fourth-order valence-electron chi connectivity index (χ4n) is 2.51. The molecule has 0 bridgehead atoms. The molecule has 25 heavy (non-hydrogen) atoms. The van der Waals surface area contributed by atoms with Crippen LogP contribution in [0.4, 0.5) is 23.2 Å². The average molecular weight is 353 g/mol. The minimum atomic E-state index is -4.55. The number of hydrogen-bond donors (Lipinski definition) is 1. The van der Waals surface area contributed by atoms with Crippen molar-refractivity contribution in [1.82, 2.24) is 0 Å². The zero-order chi connectivity index (χ0) is 18.2. The minimum absolute atomic E-state index is 0.0658. The van der Waals surface area contributed by atoms with E-state index < -0.39 is 35.5 Å². The van der Waals surface area contributed by atoms with Gasteiger partial charge in [0.2, 0.25) is 0 Å². The number of fused-ring (bicyclic) bond motifs is 1. The van der Waals surface area contributed by atoms with Crippen molar-refractivity contribution in [3.63, 3.8) is 0 Å². The summed E-state index contributed by atoms with van der Waals surface area (Å²) in [4.78, 5) is 24.1. The molecule has 1 unspecified atom stereocenters. The predicted octanol–water partition coefficient (Wildman–Crippen LogP) is 3.56. The fourth-order valence-corrected chi connectivity index (χ4v) is 2.51. The molecule has 1 N–H and O–H groups in total. The van der Waals surface area contributed by atoms with E-state index in [2.05, 4.69) is 5.32 Å². The third kappa shape index (κ3) is 3.62. The first kappa shape index (κ1) is 16.9. The molecular formula is C17H11F4NO3. The summed E-state index contributed by atoms with van der Waals surface area (Å²) < 4.78 is 56.4. The Labute approximate surface area is 139 Å².